The quantitative estimate of drug-likeness (QED) is 0.720. The molecule has 0 aliphatic carbocycles. The standard InChI is InChI=1S/C24H29F3N2O2/c1-23(24(25,26)27,19-13-18-15-31-12-10-17(18)14-21(19)30-2)29-20-9-6-11-28-22(20)16-7-4-3-5-8-16/h3-5,7-8,13-14,20,22,28-29H,6,9-12,15H2,1-2H3. The van der Waals surface area contributed by atoms with E-state index in [9.17, 15) is 13.2 Å². The lowest BCUT2D eigenvalue weighted by atomic mass is 9.83. The van der Waals surface area contributed by atoms with Gasteiger partial charge in [-0.25, -0.2) is 0 Å². The van der Waals surface area contributed by atoms with E-state index in [0.717, 1.165) is 29.7 Å². The normalized spacial score (nSPS) is 23.6. The third-order valence-electron chi connectivity index (χ3n) is 6.49. The SMILES string of the molecule is COc1cc2c(cc1C(C)(NC1CCCNC1c1ccccc1)C(F)(F)F)COCC2. The molecule has 0 aromatic heterocycles. The minimum Gasteiger partial charge on any atom is -0.496 e. The van der Waals surface area contributed by atoms with Crippen LogP contribution in [0.1, 0.15) is 48.1 Å². The van der Waals surface area contributed by atoms with E-state index in [1.807, 2.05) is 30.3 Å². The molecular weight excluding hydrogens is 405 g/mol. The van der Waals surface area contributed by atoms with E-state index in [4.69, 9.17) is 9.47 Å². The molecule has 4 nitrogen and oxygen atoms in total. The van der Waals surface area contributed by atoms with Gasteiger partial charge in [-0.1, -0.05) is 30.3 Å². The van der Waals surface area contributed by atoms with Gasteiger partial charge >= 0.3 is 6.18 Å². The molecule has 0 saturated carbocycles. The van der Waals surface area contributed by atoms with Crippen LogP contribution in [0.5, 0.6) is 5.75 Å². The fourth-order valence-electron chi connectivity index (χ4n) is 4.70. The highest BCUT2D eigenvalue weighted by Gasteiger charge is 2.55. The molecule has 0 bridgehead atoms. The van der Waals surface area contributed by atoms with Gasteiger partial charge in [0.05, 0.1) is 20.3 Å². The highest BCUT2D eigenvalue weighted by Crippen LogP contribution is 2.45. The van der Waals surface area contributed by atoms with Crippen LogP contribution in [0, 0.1) is 0 Å². The Labute approximate surface area is 181 Å². The van der Waals surface area contributed by atoms with Gasteiger partial charge in [-0.05, 0) is 61.6 Å². The van der Waals surface area contributed by atoms with Gasteiger partial charge in [0.15, 0.2) is 0 Å². The number of fused-ring (bicyclic) bond motifs is 1. The maximum atomic E-state index is 14.7. The van der Waals surface area contributed by atoms with Crippen LogP contribution < -0.4 is 15.4 Å². The average Bonchev–Trinajstić information content (AvgIpc) is 2.78. The van der Waals surface area contributed by atoms with Crippen molar-refractivity contribution >= 4 is 0 Å². The zero-order valence-corrected chi connectivity index (χ0v) is 17.9. The van der Waals surface area contributed by atoms with E-state index in [1.165, 1.54) is 14.0 Å². The van der Waals surface area contributed by atoms with Crippen molar-refractivity contribution in [2.45, 2.75) is 56.6 Å². The molecule has 2 aromatic carbocycles. The van der Waals surface area contributed by atoms with Crippen molar-refractivity contribution in [2.24, 2.45) is 0 Å². The third-order valence-corrected chi connectivity index (χ3v) is 6.49. The van der Waals surface area contributed by atoms with Crippen LogP contribution in [0.25, 0.3) is 0 Å². The molecule has 2 N–H and O–H groups in total. The van der Waals surface area contributed by atoms with Gasteiger partial charge in [-0.15, -0.1) is 0 Å². The molecule has 0 radical (unpaired) electrons. The molecule has 1 saturated heterocycles. The fourth-order valence-corrected chi connectivity index (χ4v) is 4.70. The summed E-state index contributed by atoms with van der Waals surface area (Å²) in [4.78, 5) is 0. The lowest BCUT2D eigenvalue weighted by Gasteiger charge is -2.43. The smallest absolute Gasteiger partial charge is 0.410 e. The first-order chi connectivity index (χ1) is 14.8. The topological polar surface area (TPSA) is 42.5 Å². The summed E-state index contributed by atoms with van der Waals surface area (Å²) < 4.78 is 54.9. The monoisotopic (exact) mass is 434 g/mol. The van der Waals surface area contributed by atoms with Gasteiger partial charge in [0, 0.05) is 17.6 Å². The van der Waals surface area contributed by atoms with E-state index in [-0.39, 0.29) is 23.4 Å². The summed E-state index contributed by atoms with van der Waals surface area (Å²) in [5.41, 5.74) is 0.583. The summed E-state index contributed by atoms with van der Waals surface area (Å²) in [6, 6.07) is 12.4. The molecule has 0 spiro atoms. The average molecular weight is 435 g/mol. The van der Waals surface area contributed by atoms with Crippen molar-refractivity contribution in [1.29, 1.82) is 0 Å². The summed E-state index contributed by atoms with van der Waals surface area (Å²) in [6.45, 7) is 2.88. The first-order valence-electron chi connectivity index (χ1n) is 10.7. The molecule has 3 atom stereocenters. The Kier molecular flexibility index (Phi) is 6.28. The number of benzene rings is 2. The summed E-state index contributed by atoms with van der Waals surface area (Å²) in [6.07, 6.45) is -2.40. The second kappa shape index (κ2) is 8.81. The number of ether oxygens (including phenoxy) is 2. The van der Waals surface area contributed by atoms with Crippen LogP contribution in [0.4, 0.5) is 13.2 Å². The Morgan fingerprint density at radius 3 is 2.61 bits per heavy atom. The molecule has 0 amide bonds. The number of hydrogen-bond donors (Lipinski definition) is 2. The minimum atomic E-state index is -4.53. The Balaban J connectivity index is 1.75. The molecule has 168 valence electrons. The van der Waals surface area contributed by atoms with Crippen molar-refractivity contribution < 1.29 is 22.6 Å². The maximum Gasteiger partial charge on any atom is 0.410 e. The van der Waals surface area contributed by atoms with E-state index >= 15 is 0 Å². The van der Waals surface area contributed by atoms with Gasteiger partial charge in [0.25, 0.3) is 0 Å². The van der Waals surface area contributed by atoms with Crippen molar-refractivity contribution in [3.05, 3.63) is 64.7 Å². The molecule has 1 fully saturated rings. The van der Waals surface area contributed by atoms with Gasteiger partial charge in [-0.3, -0.25) is 5.32 Å². The highest BCUT2D eigenvalue weighted by atomic mass is 19.4. The van der Waals surface area contributed by atoms with Crippen LogP contribution in [-0.4, -0.2) is 32.5 Å². The summed E-state index contributed by atoms with van der Waals surface area (Å²) in [5.74, 6) is 0.257. The first-order valence-corrected chi connectivity index (χ1v) is 10.7. The van der Waals surface area contributed by atoms with Gasteiger partial charge in [-0.2, -0.15) is 13.2 Å². The molecular formula is C24H29F3N2O2. The van der Waals surface area contributed by atoms with Gasteiger partial charge < -0.3 is 14.8 Å². The molecule has 2 aliphatic rings. The molecule has 31 heavy (non-hydrogen) atoms. The van der Waals surface area contributed by atoms with Crippen LogP contribution in [0.3, 0.4) is 0 Å². The van der Waals surface area contributed by atoms with Crippen molar-refractivity contribution in [3.8, 4) is 5.75 Å². The van der Waals surface area contributed by atoms with Crippen molar-refractivity contribution in [2.75, 3.05) is 20.3 Å². The largest absolute Gasteiger partial charge is 0.496 e. The number of nitrogens with one attached hydrogen (secondary N) is 2. The number of alkyl halides is 3. The fraction of sp³-hybridized carbons (Fsp3) is 0.500. The number of piperidine rings is 1. The van der Waals surface area contributed by atoms with Crippen LogP contribution >= 0.6 is 0 Å². The second-order valence-electron chi connectivity index (χ2n) is 8.48. The van der Waals surface area contributed by atoms with E-state index in [2.05, 4.69) is 10.6 Å². The lowest BCUT2D eigenvalue weighted by molar-refractivity contribution is -0.199. The van der Waals surface area contributed by atoms with Gasteiger partial charge in [0.1, 0.15) is 11.3 Å². The second-order valence-corrected chi connectivity index (χ2v) is 8.48. The zero-order chi connectivity index (χ0) is 22.1. The third kappa shape index (κ3) is 4.31. The molecule has 2 aliphatic heterocycles. The number of rotatable bonds is 5. The number of methoxy groups -OCH3 is 1. The molecule has 4 rings (SSSR count). The number of hydrogen-bond acceptors (Lipinski definition) is 4. The highest BCUT2D eigenvalue weighted by molar-refractivity contribution is 5.48. The maximum absolute atomic E-state index is 14.7. The predicted octanol–water partition coefficient (Wildman–Crippen LogP) is 4.63. The zero-order valence-electron chi connectivity index (χ0n) is 17.9. The predicted molar refractivity (Wildman–Crippen MR) is 113 cm³/mol. The Bertz CT molecular complexity index is 904. The molecule has 2 heterocycles. The summed E-state index contributed by atoms with van der Waals surface area (Å²) >= 11 is 0. The van der Waals surface area contributed by atoms with Crippen molar-refractivity contribution in [1.82, 2.24) is 10.6 Å². The van der Waals surface area contributed by atoms with Crippen LogP contribution in [0.15, 0.2) is 42.5 Å². The van der Waals surface area contributed by atoms with E-state index < -0.39 is 11.7 Å². The number of halogens is 3. The summed E-state index contributed by atoms with van der Waals surface area (Å²) in [7, 11) is 1.43. The van der Waals surface area contributed by atoms with Crippen LogP contribution in [-0.2, 0) is 23.3 Å². The first kappa shape index (κ1) is 22.1. The molecule has 2 aromatic rings. The van der Waals surface area contributed by atoms with Crippen LogP contribution in [0.2, 0.25) is 0 Å². The lowest BCUT2D eigenvalue weighted by Crippen LogP contribution is -2.59. The summed E-state index contributed by atoms with van der Waals surface area (Å²) in [5, 5.41) is 6.42. The van der Waals surface area contributed by atoms with Crippen molar-refractivity contribution in [3.63, 3.8) is 0 Å². The van der Waals surface area contributed by atoms with E-state index in [0.29, 0.717) is 26.1 Å². The molecule has 7 heteroatoms. The Morgan fingerprint density at radius 2 is 1.90 bits per heavy atom. The van der Waals surface area contributed by atoms with E-state index in [1.54, 1.807) is 12.1 Å². The Hall–Kier alpha value is -2.09. The Morgan fingerprint density at radius 1 is 1.13 bits per heavy atom. The molecule has 3 unspecified atom stereocenters. The minimum absolute atomic E-state index is 0.101. The van der Waals surface area contributed by atoms with Gasteiger partial charge in [0.2, 0.25) is 0 Å².